The molecule has 1 saturated carbocycles. The van der Waals surface area contributed by atoms with Crippen molar-refractivity contribution in [2.75, 3.05) is 0 Å². The average Bonchev–Trinajstić information content (AvgIpc) is 2.54. The third-order valence-corrected chi connectivity index (χ3v) is 2.83. The Labute approximate surface area is 82.3 Å². The Bertz CT molecular complexity index is 221. The molecule has 0 bridgehead atoms. The lowest BCUT2D eigenvalue weighted by Gasteiger charge is -2.13. The molecule has 1 fully saturated rings. The van der Waals surface area contributed by atoms with Gasteiger partial charge in [-0.1, -0.05) is 25.7 Å². The fourth-order valence-corrected chi connectivity index (χ4v) is 2.12. The maximum Gasteiger partial charge on any atom is 0.305 e. The maximum absolute atomic E-state index is 12.5. The van der Waals surface area contributed by atoms with Crippen LogP contribution in [-0.2, 0) is 9.59 Å². The summed E-state index contributed by atoms with van der Waals surface area (Å²) < 4.78 is 12.5. The molecule has 14 heavy (non-hydrogen) atoms. The van der Waals surface area contributed by atoms with Crippen LogP contribution in [0, 0.1) is 11.8 Å². The molecule has 0 heterocycles. The Hall–Kier alpha value is -0.930. The molecule has 1 rings (SSSR count). The van der Waals surface area contributed by atoms with Crippen LogP contribution in [0.3, 0.4) is 0 Å². The van der Waals surface area contributed by atoms with Gasteiger partial charge in [0.25, 0.3) is 0 Å². The summed E-state index contributed by atoms with van der Waals surface area (Å²) in [7, 11) is 0. The Morgan fingerprint density at radius 2 is 1.93 bits per heavy atom. The van der Waals surface area contributed by atoms with E-state index in [2.05, 4.69) is 0 Å². The van der Waals surface area contributed by atoms with E-state index in [9.17, 15) is 14.0 Å². The Balaban J connectivity index is 2.41. The SMILES string of the molecule is O=C(O)C[C@@H](CC1CCCC1)C(=O)F. The zero-order chi connectivity index (χ0) is 10.6. The first-order valence-electron chi connectivity index (χ1n) is 5.00. The second-order valence-electron chi connectivity index (χ2n) is 3.99. The third kappa shape index (κ3) is 3.44. The highest BCUT2D eigenvalue weighted by molar-refractivity contribution is 5.78. The summed E-state index contributed by atoms with van der Waals surface area (Å²) in [4.78, 5) is 20.9. The van der Waals surface area contributed by atoms with E-state index in [0.717, 1.165) is 25.7 Å². The number of halogens is 1. The third-order valence-electron chi connectivity index (χ3n) is 2.83. The lowest BCUT2D eigenvalue weighted by Crippen LogP contribution is -2.17. The molecule has 0 aromatic heterocycles. The van der Waals surface area contributed by atoms with Gasteiger partial charge in [-0.25, -0.2) is 0 Å². The van der Waals surface area contributed by atoms with Crippen LogP contribution < -0.4 is 0 Å². The van der Waals surface area contributed by atoms with Gasteiger partial charge in [-0.05, 0) is 12.3 Å². The molecule has 4 heteroatoms. The first-order chi connectivity index (χ1) is 6.59. The van der Waals surface area contributed by atoms with Gasteiger partial charge in [-0.15, -0.1) is 0 Å². The van der Waals surface area contributed by atoms with Crippen LogP contribution >= 0.6 is 0 Å². The fraction of sp³-hybridized carbons (Fsp3) is 0.800. The number of hydrogen-bond acceptors (Lipinski definition) is 2. The van der Waals surface area contributed by atoms with Crippen molar-refractivity contribution in [1.82, 2.24) is 0 Å². The monoisotopic (exact) mass is 202 g/mol. The molecule has 1 aliphatic carbocycles. The molecule has 1 aliphatic rings. The number of carboxylic acids is 1. The predicted octanol–water partition coefficient (Wildman–Crippen LogP) is 2.15. The van der Waals surface area contributed by atoms with Crippen LogP contribution in [0.4, 0.5) is 4.39 Å². The van der Waals surface area contributed by atoms with Gasteiger partial charge in [-0.3, -0.25) is 9.59 Å². The van der Waals surface area contributed by atoms with Crippen LogP contribution in [0.1, 0.15) is 38.5 Å². The van der Waals surface area contributed by atoms with E-state index in [0.29, 0.717) is 12.3 Å². The van der Waals surface area contributed by atoms with Crippen molar-refractivity contribution >= 4 is 12.0 Å². The summed E-state index contributed by atoms with van der Waals surface area (Å²) in [6.07, 6.45) is 4.27. The van der Waals surface area contributed by atoms with Crippen LogP contribution in [0.15, 0.2) is 0 Å². The molecule has 0 aromatic carbocycles. The number of carboxylic acid groups (broad SMARTS) is 1. The topological polar surface area (TPSA) is 54.4 Å². The Morgan fingerprint density at radius 1 is 1.36 bits per heavy atom. The molecular weight excluding hydrogens is 187 g/mol. The summed E-state index contributed by atoms with van der Waals surface area (Å²) in [5.74, 6) is -1.67. The second kappa shape index (κ2) is 5.08. The molecule has 0 spiro atoms. The van der Waals surface area contributed by atoms with Crippen molar-refractivity contribution in [3.05, 3.63) is 0 Å². The van der Waals surface area contributed by atoms with Crippen molar-refractivity contribution in [2.24, 2.45) is 11.8 Å². The molecule has 0 aromatic rings. The number of rotatable bonds is 5. The highest BCUT2D eigenvalue weighted by Gasteiger charge is 2.26. The second-order valence-corrected chi connectivity index (χ2v) is 3.99. The lowest BCUT2D eigenvalue weighted by atomic mass is 9.91. The molecule has 1 atom stereocenters. The molecule has 1 N–H and O–H groups in total. The summed E-state index contributed by atoms with van der Waals surface area (Å²) in [6.45, 7) is 0. The minimum absolute atomic E-state index is 0.346. The van der Waals surface area contributed by atoms with Crippen molar-refractivity contribution in [3.8, 4) is 0 Å². The van der Waals surface area contributed by atoms with Gasteiger partial charge in [0.05, 0.1) is 12.3 Å². The van der Waals surface area contributed by atoms with Gasteiger partial charge in [0.1, 0.15) is 0 Å². The first-order valence-corrected chi connectivity index (χ1v) is 5.00. The minimum Gasteiger partial charge on any atom is -0.481 e. The average molecular weight is 202 g/mol. The van der Waals surface area contributed by atoms with E-state index in [1.807, 2.05) is 0 Å². The van der Waals surface area contributed by atoms with E-state index < -0.39 is 17.9 Å². The molecule has 0 aliphatic heterocycles. The molecule has 3 nitrogen and oxygen atoms in total. The maximum atomic E-state index is 12.5. The molecule has 0 radical (unpaired) electrons. The van der Waals surface area contributed by atoms with E-state index >= 15 is 0 Å². The van der Waals surface area contributed by atoms with Crippen LogP contribution in [0.2, 0.25) is 0 Å². The van der Waals surface area contributed by atoms with Crippen LogP contribution in [0.5, 0.6) is 0 Å². The zero-order valence-electron chi connectivity index (χ0n) is 8.04. The minimum atomic E-state index is -1.47. The van der Waals surface area contributed by atoms with Gasteiger partial charge in [0.2, 0.25) is 0 Å². The molecule has 0 saturated heterocycles. The van der Waals surface area contributed by atoms with E-state index in [4.69, 9.17) is 5.11 Å². The number of carbonyl (C=O) groups is 2. The highest BCUT2D eigenvalue weighted by Crippen LogP contribution is 2.31. The molecule has 0 unspecified atom stereocenters. The first kappa shape index (κ1) is 11.1. The fourth-order valence-electron chi connectivity index (χ4n) is 2.12. The zero-order valence-corrected chi connectivity index (χ0v) is 8.04. The largest absolute Gasteiger partial charge is 0.481 e. The van der Waals surface area contributed by atoms with Gasteiger partial charge >= 0.3 is 12.0 Å². The Morgan fingerprint density at radius 3 is 2.36 bits per heavy atom. The molecule has 0 amide bonds. The van der Waals surface area contributed by atoms with Crippen molar-refractivity contribution in [2.45, 2.75) is 38.5 Å². The summed E-state index contributed by atoms with van der Waals surface area (Å²) >= 11 is 0. The van der Waals surface area contributed by atoms with Crippen LogP contribution in [-0.4, -0.2) is 17.1 Å². The van der Waals surface area contributed by atoms with Crippen LogP contribution in [0.25, 0.3) is 0 Å². The number of carbonyl (C=O) groups excluding carboxylic acids is 1. The Kier molecular flexibility index (Phi) is 4.04. The van der Waals surface area contributed by atoms with Crippen molar-refractivity contribution < 1.29 is 19.1 Å². The summed E-state index contributed by atoms with van der Waals surface area (Å²) in [5, 5.41) is 8.49. The van der Waals surface area contributed by atoms with E-state index in [1.165, 1.54) is 0 Å². The number of aliphatic carboxylic acids is 1. The van der Waals surface area contributed by atoms with Gasteiger partial charge in [0, 0.05) is 0 Å². The standard InChI is InChI=1S/C10H15FO3/c11-10(14)8(6-9(12)13)5-7-3-1-2-4-7/h7-8H,1-6H2,(H,12,13)/t8-/m1/s1. The van der Waals surface area contributed by atoms with Crippen molar-refractivity contribution in [3.63, 3.8) is 0 Å². The molecule has 80 valence electrons. The van der Waals surface area contributed by atoms with Gasteiger partial charge in [0.15, 0.2) is 0 Å². The van der Waals surface area contributed by atoms with Gasteiger partial charge in [-0.2, -0.15) is 4.39 Å². The lowest BCUT2D eigenvalue weighted by molar-refractivity contribution is -0.144. The quantitative estimate of drug-likeness (QED) is 0.695. The summed E-state index contributed by atoms with van der Waals surface area (Å²) in [6, 6.07) is -1.47. The summed E-state index contributed by atoms with van der Waals surface area (Å²) in [5.41, 5.74) is 0. The van der Waals surface area contributed by atoms with E-state index in [1.54, 1.807) is 0 Å². The van der Waals surface area contributed by atoms with Crippen molar-refractivity contribution in [1.29, 1.82) is 0 Å². The smallest absolute Gasteiger partial charge is 0.305 e. The normalized spacial score (nSPS) is 19.5. The molecular formula is C10H15FO3. The number of hydrogen-bond donors (Lipinski definition) is 1. The predicted molar refractivity (Wildman–Crippen MR) is 48.4 cm³/mol. The highest BCUT2D eigenvalue weighted by atomic mass is 19.1. The van der Waals surface area contributed by atoms with E-state index in [-0.39, 0.29) is 6.42 Å². The van der Waals surface area contributed by atoms with Gasteiger partial charge < -0.3 is 5.11 Å².